The van der Waals surface area contributed by atoms with Crippen molar-refractivity contribution < 1.29 is 13.2 Å². The third-order valence-electron chi connectivity index (χ3n) is 2.95. The number of nitrogens with zero attached hydrogens (tertiary/aromatic N) is 3. The molecular formula is C10H15F3N4. The zero-order chi connectivity index (χ0) is 12.6. The van der Waals surface area contributed by atoms with E-state index in [0.717, 1.165) is 24.4 Å². The molecule has 0 aliphatic heterocycles. The molecule has 96 valence electrons. The number of aromatic nitrogens is 3. The van der Waals surface area contributed by atoms with E-state index in [1.54, 1.807) is 7.05 Å². The molecule has 1 aliphatic rings. The summed E-state index contributed by atoms with van der Waals surface area (Å²) in [7, 11) is 1.74. The van der Waals surface area contributed by atoms with Gasteiger partial charge in [-0.2, -0.15) is 13.2 Å². The first-order chi connectivity index (χ1) is 7.95. The third kappa shape index (κ3) is 2.43. The first kappa shape index (κ1) is 12.3. The molecule has 17 heavy (non-hydrogen) atoms. The predicted octanol–water partition coefficient (Wildman–Crippen LogP) is 2.00. The van der Waals surface area contributed by atoms with Crippen LogP contribution in [0.3, 0.4) is 0 Å². The minimum absolute atomic E-state index is 0.193. The van der Waals surface area contributed by atoms with Crippen molar-refractivity contribution in [2.24, 2.45) is 0 Å². The van der Waals surface area contributed by atoms with E-state index >= 15 is 0 Å². The first-order valence-electron chi connectivity index (χ1n) is 5.60. The quantitative estimate of drug-likeness (QED) is 0.886. The monoisotopic (exact) mass is 248 g/mol. The standard InChI is InChI=1S/C10H15F3N4/c1-6(10(11,12)13)17-9(7-3-4-7)8(5-14-2)15-16-17/h6-7,14H,3-5H2,1-2H3. The topological polar surface area (TPSA) is 42.7 Å². The lowest BCUT2D eigenvalue weighted by Gasteiger charge is -2.18. The predicted molar refractivity (Wildman–Crippen MR) is 55.5 cm³/mol. The van der Waals surface area contributed by atoms with Gasteiger partial charge in [-0.3, -0.25) is 0 Å². The molecule has 1 aliphatic carbocycles. The van der Waals surface area contributed by atoms with Crippen molar-refractivity contribution >= 4 is 0 Å². The van der Waals surface area contributed by atoms with Gasteiger partial charge in [0.05, 0.1) is 11.4 Å². The van der Waals surface area contributed by atoms with E-state index in [9.17, 15) is 13.2 Å². The van der Waals surface area contributed by atoms with Gasteiger partial charge in [-0.1, -0.05) is 5.21 Å². The molecule has 0 aromatic carbocycles. The van der Waals surface area contributed by atoms with Crippen LogP contribution < -0.4 is 5.32 Å². The van der Waals surface area contributed by atoms with E-state index in [2.05, 4.69) is 15.6 Å². The lowest BCUT2D eigenvalue weighted by Crippen LogP contribution is -2.26. The van der Waals surface area contributed by atoms with Crippen molar-refractivity contribution in [3.63, 3.8) is 0 Å². The van der Waals surface area contributed by atoms with Crippen molar-refractivity contribution in [3.05, 3.63) is 11.4 Å². The summed E-state index contributed by atoms with van der Waals surface area (Å²) in [6, 6.07) is -1.61. The summed E-state index contributed by atoms with van der Waals surface area (Å²) in [5, 5.41) is 10.4. The van der Waals surface area contributed by atoms with E-state index < -0.39 is 12.2 Å². The molecule has 0 spiro atoms. The van der Waals surface area contributed by atoms with E-state index in [4.69, 9.17) is 0 Å². The number of hydrogen-bond acceptors (Lipinski definition) is 3. The molecule has 7 heteroatoms. The van der Waals surface area contributed by atoms with Crippen LogP contribution >= 0.6 is 0 Å². The second kappa shape index (κ2) is 4.29. The zero-order valence-corrected chi connectivity index (χ0v) is 9.75. The Hall–Kier alpha value is -1.11. The largest absolute Gasteiger partial charge is 0.410 e. The van der Waals surface area contributed by atoms with Crippen LogP contribution in [0.5, 0.6) is 0 Å². The molecule has 1 aromatic heterocycles. The van der Waals surface area contributed by atoms with Crippen LogP contribution in [0, 0.1) is 0 Å². The Labute approximate surface area is 97.2 Å². The average molecular weight is 248 g/mol. The molecule has 1 atom stereocenters. The molecule has 1 unspecified atom stereocenters. The summed E-state index contributed by atoms with van der Waals surface area (Å²) in [6.07, 6.45) is -2.43. The van der Waals surface area contributed by atoms with Crippen molar-refractivity contribution in [2.75, 3.05) is 7.05 Å². The van der Waals surface area contributed by atoms with Gasteiger partial charge >= 0.3 is 6.18 Å². The van der Waals surface area contributed by atoms with Crippen LogP contribution in [0.25, 0.3) is 0 Å². The fourth-order valence-corrected chi connectivity index (χ4v) is 1.83. The average Bonchev–Trinajstić information content (AvgIpc) is 2.99. The Bertz CT molecular complexity index is 395. The molecule has 1 saturated carbocycles. The van der Waals surface area contributed by atoms with Gasteiger partial charge in [-0.15, -0.1) is 5.10 Å². The Kier molecular flexibility index (Phi) is 3.11. The highest BCUT2D eigenvalue weighted by Gasteiger charge is 2.42. The SMILES string of the molecule is CNCc1nnn(C(C)C(F)(F)F)c1C1CC1. The van der Waals surface area contributed by atoms with E-state index in [1.165, 1.54) is 0 Å². The maximum Gasteiger partial charge on any atom is 0.410 e. The molecular weight excluding hydrogens is 233 g/mol. The third-order valence-corrected chi connectivity index (χ3v) is 2.95. The van der Waals surface area contributed by atoms with Gasteiger partial charge in [-0.05, 0) is 26.8 Å². The van der Waals surface area contributed by atoms with Gasteiger partial charge in [0.25, 0.3) is 0 Å². The molecule has 0 saturated heterocycles. The molecule has 0 bridgehead atoms. The highest BCUT2D eigenvalue weighted by Crippen LogP contribution is 2.43. The van der Waals surface area contributed by atoms with Crippen LogP contribution in [0.2, 0.25) is 0 Å². The van der Waals surface area contributed by atoms with Crippen molar-refractivity contribution in [3.8, 4) is 0 Å². The minimum Gasteiger partial charge on any atom is -0.314 e. The Balaban J connectivity index is 2.33. The highest BCUT2D eigenvalue weighted by atomic mass is 19.4. The fourth-order valence-electron chi connectivity index (χ4n) is 1.83. The minimum atomic E-state index is -4.28. The number of halogens is 3. The Morgan fingerprint density at radius 3 is 2.59 bits per heavy atom. The van der Waals surface area contributed by atoms with Gasteiger partial charge in [0.15, 0.2) is 0 Å². The van der Waals surface area contributed by atoms with Crippen LogP contribution in [0.4, 0.5) is 13.2 Å². The lowest BCUT2D eigenvalue weighted by atomic mass is 10.2. The van der Waals surface area contributed by atoms with Crippen molar-refractivity contribution in [1.29, 1.82) is 0 Å². The van der Waals surface area contributed by atoms with Gasteiger partial charge < -0.3 is 5.32 Å². The molecule has 2 rings (SSSR count). The maximum absolute atomic E-state index is 12.7. The lowest BCUT2D eigenvalue weighted by molar-refractivity contribution is -0.166. The molecule has 0 amide bonds. The molecule has 0 radical (unpaired) electrons. The van der Waals surface area contributed by atoms with Crippen LogP contribution in [0.1, 0.15) is 43.1 Å². The zero-order valence-electron chi connectivity index (χ0n) is 9.75. The van der Waals surface area contributed by atoms with Crippen LogP contribution in [-0.2, 0) is 6.54 Å². The van der Waals surface area contributed by atoms with Crippen molar-refractivity contribution in [1.82, 2.24) is 20.3 Å². The summed E-state index contributed by atoms with van der Waals surface area (Å²) in [5.41, 5.74) is 1.27. The van der Waals surface area contributed by atoms with Gasteiger partial charge in [0.2, 0.25) is 0 Å². The number of nitrogens with one attached hydrogen (secondary N) is 1. The van der Waals surface area contributed by atoms with Crippen LogP contribution in [0.15, 0.2) is 0 Å². The fraction of sp³-hybridized carbons (Fsp3) is 0.800. The summed E-state index contributed by atoms with van der Waals surface area (Å²) in [5.74, 6) is 0.193. The first-order valence-corrected chi connectivity index (χ1v) is 5.60. The summed E-state index contributed by atoms with van der Waals surface area (Å²) in [6.45, 7) is 1.57. The highest BCUT2D eigenvalue weighted by molar-refractivity contribution is 5.21. The van der Waals surface area contributed by atoms with E-state index in [1.807, 2.05) is 0 Å². The Morgan fingerprint density at radius 2 is 2.12 bits per heavy atom. The Morgan fingerprint density at radius 1 is 1.47 bits per heavy atom. The van der Waals surface area contributed by atoms with Crippen LogP contribution in [-0.4, -0.2) is 28.2 Å². The molecule has 1 fully saturated rings. The molecule has 4 nitrogen and oxygen atoms in total. The van der Waals surface area contributed by atoms with Gasteiger partial charge in [0.1, 0.15) is 6.04 Å². The van der Waals surface area contributed by atoms with E-state index in [-0.39, 0.29) is 5.92 Å². The second-order valence-electron chi connectivity index (χ2n) is 4.39. The van der Waals surface area contributed by atoms with Gasteiger partial charge in [-0.25, -0.2) is 4.68 Å². The number of alkyl halides is 3. The summed E-state index contributed by atoms with van der Waals surface area (Å²) < 4.78 is 39.1. The van der Waals surface area contributed by atoms with Gasteiger partial charge in [0, 0.05) is 12.5 Å². The summed E-state index contributed by atoms with van der Waals surface area (Å²) >= 11 is 0. The normalized spacial score (nSPS) is 18.4. The molecule has 1 N–H and O–H groups in total. The summed E-state index contributed by atoms with van der Waals surface area (Å²) in [4.78, 5) is 0. The smallest absolute Gasteiger partial charge is 0.314 e. The second-order valence-corrected chi connectivity index (χ2v) is 4.39. The molecule has 1 aromatic rings. The van der Waals surface area contributed by atoms with E-state index in [0.29, 0.717) is 17.9 Å². The number of rotatable bonds is 4. The molecule has 1 heterocycles. The maximum atomic E-state index is 12.7. The van der Waals surface area contributed by atoms with Crippen molar-refractivity contribution in [2.45, 2.75) is 44.4 Å². The number of hydrogen-bond donors (Lipinski definition) is 1.